The van der Waals surface area contributed by atoms with E-state index in [0.29, 0.717) is 12.4 Å². The van der Waals surface area contributed by atoms with E-state index >= 15 is 0 Å². The van der Waals surface area contributed by atoms with Gasteiger partial charge in [-0.1, -0.05) is 67.2 Å². The molecule has 5 heteroatoms. The summed E-state index contributed by atoms with van der Waals surface area (Å²) in [5.41, 5.74) is 0.813. The number of non-ortho nitro benzene ring substituents is 1. The number of rotatable bonds is 8. The van der Waals surface area contributed by atoms with Gasteiger partial charge in [-0.05, 0) is 30.7 Å². The van der Waals surface area contributed by atoms with Crippen LogP contribution in [0.3, 0.4) is 0 Å². The molecule has 0 saturated carbocycles. The van der Waals surface area contributed by atoms with E-state index in [-0.39, 0.29) is 5.69 Å². The second-order valence-electron chi connectivity index (χ2n) is 5.90. The van der Waals surface area contributed by atoms with E-state index in [1.165, 1.54) is 22.7 Å². The average molecular weight is 377 g/mol. The van der Waals surface area contributed by atoms with Crippen molar-refractivity contribution < 1.29 is 9.66 Å². The number of hydrogen-bond acceptors (Lipinski definition) is 3. The Hall–Kier alpha value is -2.97. The molecule has 0 aliphatic heterocycles. The Labute approximate surface area is 160 Å². The Morgan fingerprint density at radius 3 is 1.89 bits per heavy atom. The third kappa shape index (κ3) is 5.02. The molecule has 3 aromatic rings. The van der Waals surface area contributed by atoms with Gasteiger partial charge in [0, 0.05) is 23.9 Å². The predicted molar refractivity (Wildman–Crippen MR) is 112 cm³/mol. The summed E-state index contributed by atoms with van der Waals surface area (Å²) >= 11 is 0. The number of hydrogen-bond donors (Lipinski definition) is 0. The van der Waals surface area contributed by atoms with Crippen molar-refractivity contribution in [2.24, 2.45) is 0 Å². The lowest BCUT2D eigenvalue weighted by Gasteiger charge is -2.19. The lowest BCUT2D eigenvalue weighted by atomic mass is 10.2. The molecule has 0 aromatic heterocycles. The van der Waals surface area contributed by atoms with Gasteiger partial charge in [-0.25, -0.2) is 0 Å². The molecule has 0 N–H and O–H groups in total. The summed E-state index contributed by atoms with van der Waals surface area (Å²) in [4.78, 5) is 10.3. The molecular formula is C22H20NO3P. The predicted octanol–water partition coefficient (Wildman–Crippen LogP) is 4.72. The summed E-state index contributed by atoms with van der Waals surface area (Å²) in [6.45, 7) is 4.49. The van der Waals surface area contributed by atoms with Crippen LogP contribution >= 0.6 is 7.92 Å². The van der Waals surface area contributed by atoms with Crippen LogP contribution in [0.2, 0.25) is 0 Å². The lowest BCUT2D eigenvalue weighted by molar-refractivity contribution is -0.384. The Morgan fingerprint density at radius 1 is 0.889 bits per heavy atom. The molecule has 0 aliphatic carbocycles. The van der Waals surface area contributed by atoms with Gasteiger partial charge in [0.1, 0.15) is 5.76 Å². The molecule has 0 saturated heterocycles. The van der Waals surface area contributed by atoms with Crippen LogP contribution in [-0.4, -0.2) is 17.7 Å². The van der Waals surface area contributed by atoms with Crippen LogP contribution in [0, 0.1) is 10.1 Å². The van der Waals surface area contributed by atoms with E-state index < -0.39 is 12.8 Å². The van der Waals surface area contributed by atoms with Crippen LogP contribution < -0.4 is 10.6 Å². The van der Waals surface area contributed by atoms with Crippen molar-refractivity contribution in [2.45, 2.75) is 0 Å². The van der Waals surface area contributed by atoms with Crippen molar-refractivity contribution >= 4 is 30.0 Å². The lowest BCUT2D eigenvalue weighted by Crippen LogP contribution is -2.16. The fraction of sp³-hybridized carbons (Fsp3) is 0.0909. The van der Waals surface area contributed by atoms with Gasteiger partial charge in [-0.2, -0.15) is 0 Å². The van der Waals surface area contributed by atoms with Crippen molar-refractivity contribution in [3.8, 4) is 0 Å². The van der Waals surface area contributed by atoms with Crippen molar-refractivity contribution in [1.82, 2.24) is 0 Å². The van der Waals surface area contributed by atoms with Crippen molar-refractivity contribution in [3.63, 3.8) is 0 Å². The van der Waals surface area contributed by atoms with Gasteiger partial charge in [-0.15, -0.1) is 0 Å². The van der Waals surface area contributed by atoms with E-state index in [1.54, 1.807) is 12.1 Å². The van der Waals surface area contributed by atoms with Gasteiger partial charge in [-0.3, -0.25) is 10.1 Å². The molecule has 3 rings (SSSR count). The molecule has 0 heterocycles. The first-order valence-corrected chi connectivity index (χ1v) is 10.1. The third-order valence-corrected chi connectivity index (χ3v) is 6.60. The molecule has 0 unspecified atom stereocenters. The highest BCUT2D eigenvalue weighted by Crippen LogP contribution is 2.33. The molecular weight excluding hydrogens is 357 g/mol. The topological polar surface area (TPSA) is 52.4 Å². The summed E-state index contributed by atoms with van der Waals surface area (Å²) in [6, 6.07) is 27.2. The van der Waals surface area contributed by atoms with Gasteiger partial charge >= 0.3 is 0 Å². The number of nitro benzene ring substituents is 1. The SMILES string of the molecule is C=C(OCCP(c1ccccc1)c1ccccc1)c1ccc([N+](=O)[O-])cc1. The molecule has 0 atom stereocenters. The van der Waals surface area contributed by atoms with E-state index in [1.807, 2.05) is 12.1 Å². The largest absolute Gasteiger partial charge is 0.493 e. The molecule has 0 amide bonds. The van der Waals surface area contributed by atoms with Crippen LogP contribution in [-0.2, 0) is 4.74 Å². The Morgan fingerprint density at radius 2 is 1.41 bits per heavy atom. The highest BCUT2D eigenvalue weighted by molar-refractivity contribution is 7.73. The van der Waals surface area contributed by atoms with Gasteiger partial charge in [0.25, 0.3) is 5.69 Å². The molecule has 0 radical (unpaired) electrons. The summed E-state index contributed by atoms with van der Waals surface area (Å²) in [7, 11) is -0.520. The van der Waals surface area contributed by atoms with Gasteiger partial charge < -0.3 is 4.74 Å². The van der Waals surface area contributed by atoms with Gasteiger partial charge in [0.05, 0.1) is 11.5 Å². The fourth-order valence-corrected chi connectivity index (χ4v) is 4.89. The molecule has 0 fully saturated rings. The first-order chi connectivity index (χ1) is 13.1. The van der Waals surface area contributed by atoms with Crippen LogP contribution in [0.1, 0.15) is 5.56 Å². The van der Waals surface area contributed by atoms with E-state index in [9.17, 15) is 10.1 Å². The summed E-state index contributed by atoms with van der Waals surface area (Å²) in [5, 5.41) is 13.4. The standard InChI is InChI=1S/C22H20NO3P/c1-18(19-12-14-20(15-13-19)23(24)25)26-16-17-27(21-8-4-2-5-9-21)22-10-6-3-7-11-22/h2-15H,1,16-17H2. The van der Waals surface area contributed by atoms with Crippen LogP contribution in [0.5, 0.6) is 0 Å². The zero-order valence-corrected chi connectivity index (χ0v) is 15.7. The van der Waals surface area contributed by atoms with Crippen molar-refractivity contribution in [1.29, 1.82) is 0 Å². The maximum Gasteiger partial charge on any atom is 0.269 e. The zero-order valence-electron chi connectivity index (χ0n) is 14.8. The highest BCUT2D eigenvalue weighted by atomic mass is 31.1. The normalized spacial score (nSPS) is 10.6. The maximum absolute atomic E-state index is 10.8. The molecule has 0 bridgehead atoms. The second kappa shape index (κ2) is 9.11. The fourth-order valence-electron chi connectivity index (χ4n) is 2.74. The minimum atomic E-state index is -0.520. The molecule has 136 valence electrons. The maximum atomic E-state index is 10.8. The Bertz CT molecular complexity index is 856. The second-order valence-corrected chi connectivity index (χ2v) is 8.23. The minimum absolute atomic E-state index is 0.0585. The minimum Gasteiger partial charge on any atom is -0.493 e. The highest BCUT2D eigenvalue weighted by Gasteiger charge is 2.14. The third-order valence-electron chi connectivity index (χ3n) is 4.13. The van der Waals surface area contributed by atoms with Crippen LogP contribution in [0.25, 0.3) is 5.76 Å². The monoisotopic (exact) mass is 377 g/mol. The van der Waals surface area contributed by atoms with Gasteiger partial charge in [0.2, 0.25) is 0 Å². The van der Waals surface area contributed by atoms with E-state index in [4.69, 9.17) is 4.74 Å². The summed E-state index contributed by atoms with van der Waals surface area (Å²) in [5.74, 6) is 0.529. The van der Waals surface area contributed by atoms with Crippen LogP contribution in [0.15, 0.2) is 91.5 Å². The number of nitrogens with zero attached hydrogens (tertiary/aromatic N) is 1. The number of ether oxygens (including phenoxy) is 1. The smallest absolute Gasteiger partial charge is 0.269 e. The Balaban J connectivity index is 1.65. The molecule has 0 spiro atoms. The average Bonchev–Trinajstić information content (AvgIpc) is 2.72. The summed E-state index contributed by atoms with van der Waals surface area (Å²) < 4.78 is 5.85. The van der Waals surface area contributed by atoms with Crippen molar-refractivity contribution in [3.05, 3.63) is 107 Å². The van der Waals surface area contributed by atoms with Gasteiger partial charge in [0.15, 0.2) is 0 Å². The number of benzene rings is 3. The van der Waals surface area contributed by atoms with E-state index in [0.717, 1.165) is 11.7 Å². The first kappa shape index (κ1) is 18.8. The molecule has 0 aliphatic rings. The Kier molecular flexibility index (Phi) is 6.35. The van der Waals surface area contributed by atoms with Crippen LogP contribution in [0.4, 0.5) is 5.69 Å². The summed E-state index contributed by atoms with van der Waals surface area (Å²) in [6.07, 6.45) is 0.870. The molecule has 27 heavy (non-hydrogen) atoms. The zero-order chi connectivity index (χ0) is 19.1. The number of nitro groups is 1. The quantitative estimate of drug-likeness (QED) is 0.247. The van der Waals surface area contributed by atoms with Crippen molar-refractivity contribution in [2.75, 3.05) is 12.8 Å². The molecule has 3 aromatic carbocycles. The van der Waals surface area contributed by atoms with E-state index in [2.05, 4.69) is 55.1 Å². The first-order valence-electron chi connectivity index (χ1n) is 8.59. The molecule has 4 nitrogen and oxygen atoms in total.